The van der Waals surface area contributed by atoms with Gasteiger partial charge in [-0.15, -0.1) is 0 Å². The average Bonchev–Trinajstić information content (AvgIpc) is 2.89. The van der Waals surface area contributed by atoms with E-state index in [-0.39, 0.29) is 0 Å². The number of nitrogens with zero attached hydrogens (tertiary/aromatic N) is 3. The molecule has 2 heterocycles. The van der Waals surface area contributed by atoms with Gasteiger partial charge in [0.15, 0.2) is 0 Å². The van der Waals surface area contributed by atoms with E-state index < -0.39 is 0 Å². The minimum Gasteiger partial charge on any atom is -0.497 e. The zero-order chi connectivity index (χ0) is 13.9. The molecule has 0 amide bonds. The standard InChI is InChI=1S/C15H16N4O/c1-19-8-7-16-14(19)10-18-15-13-9-12(20-2)4-3-11(13)5-6-17-15/h3-9H,10H2,1-2H3,(H,17,18). The molecule has 0 saturated carbocycles. The molecule has 2 aromatic heterocycles. The number of nitrogens with one attached hydrogen (secondary N) is 1. The van der Waals surface area contributed by atoms with E-state index in [1.807, 2.05) is 42.1 Å². The largest absolute Gasteiger partial charge is 0.497 e. The van der Waals surface area contributed by atoms with Crippen LogP contribution < -0.4 is 10.1 Å². The number of hydrogen-bond donors (Lipinski definition) is 1. The van der Waals surface area contributed by atoms with E-state index in [0.29, 0.717) is 6.54 Å². The summed E-state index contributed by atoms with van der Waals surface area (Å²) < 4.78 is 7.26. The molecular weight excluding hydrogens is 252 g/mol. The van der Waals surface area contributed by atoms with E-state index in [4.69, 9.17) is 4.74 Å². The molecule has 0 aliphatic carbocycles. The molecular formula is C15H16N4O. The van der Waals surface area contributed by atoms with Crippen molar-refractivity contribution in [2.24, 2.45) is 7.05 Å². The summed E-state index contributed by atoms with van der Waals surface area (Å²) in [5.74, 6) is 2.63. The van der Waals surface area contributed by atoms with Gasteiger partial charge in [-0.3, -0.25) is 0 Å². The Labute approximate surface area is 117 Å². The maximum Gasteiger partial charge on any atom is 0.134 e. The van der Waals surface area contributed by atoms with Crippen molar-refractivity contribution in [1.82, 2.24) is 14.5 Å². The molecule has 102 valence electrons. The van der Waals surface area contributed by atoms with Crippen LogP contribution in [0.2, 0.25) is 0 Å². The molecule has 0 aliphatic rings. The molecule has 0 bridgehead atoms. The predicted molar refractivity (Wildman–Crippen MR) is 78.8 cm³/mol. The summed E-state index contributed by atoms with van der Waals surface area (Å²) in [7, 11) is 3.64. The Kier molecular flexibility index (Phi) is 3.25. The van der Waals surface area contributed by atoms with Crippen LogP contribution in [0.4, 0.5) is 5.82 Å². The van der Waals surface area contributed by atoms with Gasteiger partial charge in [0.05, 0.1) is 13.7 Å². The van der Waals surface area contributed by atoms with Crippen molar-refractivity contribution in [2.75, 3.05) is 12.4 Å². The molecule has 0 aliphatic heterocycles. The highest BCUT2D eigenvalue weighted by molar-refractivity contribution is 5.92. The summed E-state index contributed by atoms with van der Waals surface area (Å²) in [5.41, 5.74) is 0. The normalized spacial score (nSPS) is 10.7. The molecule has 0 spiro atoms. The van der Waals surface area contributed by atoms with E-state index in [1.165, 1.54) is 0 Å². The number of aryl methyl sites for hydroxylation is 1. The van der Waals surface area contributed by atoms with Gasteiger partial charge < -0.3 is 14.6 Å². The van der Waals surface area contributed by atoms with Gasteiger partial charge in [-0.2, -0.15) is 0 Å². The molecule has 0 fully saturated rings. The fraction of sp³-hybridized carbons (Fsp3) is 0.200. The third-order valence-electron chi connectivity index (χ3n) is 3.31. The first kappa shape index (κ1) is 12.5. The second kappa shape index (κ2) is 5.21. The molecule has 0 radical (unpaired) electrons. The summed E-state index contributed by atoms with van der Waals surface area (Å²) in [6, 6.07) is 7.95. The maximum absolute atomic E-state index is 5.27. The zero-order valence-electron chi connectivity index (χ0n) is 11.5. The van der Waals surface area contributed by atoms with E-state index in [0.717, 1.165) is 28.2 Å². The van der Waals surface area contributed by atoms with Crippen molar-refractivity contribution >= 4 is 16.6 Å². The van der Waals surface area contributed by atoms with Crippen LogP contribution in [-0.2, 0) is 13.6 Å². The van der Waals surface area contributed by atoms with Gasteiger partial charge in [0.25, 0.3) is 0 Å². The summed E-state index contributed by atoms with van der Waals surface area (Å²) in [6.45, 7) is 0.632. The Hall–Kier alpha value is -2.56. The van der Waals surface area contributed by atoms with Gasteiger partial charge in [-0.1, -0.05) is 6.07 Å². The lowest BCUT2D eigenvalue weighted by atomic mass is 10.1. The summed E-state index contributed by atoms with van der Waals surface area (Å²) in [6.07, 6.45) is 5.52. The molecule has 1 N–H and O–H groups in total. The second-order valence-electron chi connectivity index (χ2n) is 4.55. The molecule has 0 saturated heterocycles. The number of benzene rings is 1. The van der Waals surface area contributed by atoms with Gasteiger partial charge in [0, 0.05) is 31.0 Å². The molecule has 1 aromatic carbocycles. The van der Waals surface area contributed by atoms with E-state index >= 15 is 0 Å². The second-order valence-corrected chi connectivity index (χ2v) is 4.55. The number of ether oxygens (including phenoxy) is 1. The molecule has 5 heteroatoms. The molecule has 5 nitrogen and oxygen atoms in total. The number of pyridine rings is 1. The average molecular weight is 268 g/mol. The minimum atomic E-state index is 0.632. The summed E-state index contributed by atoms with van der Waals surface area (Å²) >= 11 is 0. The quantitative estimate of drug-likeness (QED) is 0.790. The first-order chi connectivity index (χ1) is 9.78. The summed E-state index contributed by atoms with van der Waals surface area (Å²) in [5, 5.41) is 5.50. The van der Waals surface area contributed by atoms with Gasteiger partial charge in [0.1, 0.15) is 17.4 Å². The van der Waals surface area contributed by atoms with Crippen molar-refractivity contribution < 1.29 is 4.74 Å². The number of methoxy groups -OCH3 is 1. The number of anilines is 1. The van der Waals surface area contributed by atoms with Crippen LogP contribution in [0, 0.1) is 0 Å². The Morgan fingerprint density at radius 3 is 2.85 bits per heavy atom. The highest BCUT2D eigenvalue weighted by Gasteiger charge is 2.05. The Bertz CT molecular complexity index is 736. The van der Waals surface area contributed by atoms with Gasteiger partial charge >= 0.3 is 0 Å². The van der Waals surface area contributed by atoms with Gasteiger partial charge in [0.2, 0.25) is 0 Å². The van der Waals surface area contributed by atoms with E-state index in [2.05, 4.69) is 15.3 Å². The van der Waals surface area contributed by atoms with E-state index in [9.17, 15) is 0 Å². The minimum absolute atomic E-state index is 0.632. The van der Waals surface area contributed by atoms with Crippen LogP contribution in [0.5, 0.6) is 5.75 Å². The Morgan fingerprint density at radius 1 is 1.20 bits per heavy atom. The Balaban J connectivity index is 1.92. The fourth-order valence-electron chi connectivity index (χ4n) is 2.14. The van der Waals surface area contributed by atoms with Gasteiger partial charge in [-0.05, 0) is 23.6 Å². The monoisotopic (exact) mass is 268 g/mol. The molecule has 20 heavy (non-hydrogen) atoms. The SMILES string of the molecule is COc1ccc2ccnc(NCc3nccn3C)c2c1. The van der Waals surface area contributed by atoms with Crippen LogP contribution in [0.15, 0.2) is 42.9 Å². The van der Waals surface area contributed by atoms with Crippen LogP contribution in [0.3, 0.4) is 0 Å². The first-order valence-corrected chi connectivity index (χ1v) is 6.41. The topological polar surface area (TPSA) is 52.0 Å². The third kappa shape index (κ3) is 2.30. The highest BCUT2D eigenvalue weighted by atomic mass is 16.5. The van der Waals surface area contributed by atoms with Crippen LogP contribution in [0.1, 0.15) is 5.82 Å². The lowest BCUT2D eigenvalue weighted by Crippen LogP contribution is -2.07. The molecule has 0 atom stereocenters. The molecule has 3 aromatic rings. The zero-order valence-corrected chi connectivity index (χ0v) is 11.5. The van der Waals surface area contributed by atoms with Crippen molar-refractivity contribution in [3.05, 3.63) is 48.7 Å². The number of fused-ring (bicyclic) bond motifs is 1. The first-order valence-electron chi connectivity index (χ1n) is 6.41. The third-order valence-corrected chi connectivity index (χ3v) is 3.31. The summed E-state index contributed by atoms with van der Waals surface area (Å²) in [4.78, 5) is 8.70. The smallest absolute Gasteiger partial charge is 0.134 e. The molecule has 0 unspecified atom stereocenters. The van der Waals surface area contributed by atoms with Crippen molar-refractivity contribution in [2.45, 2.75) is 6.54 Å². The van der Waals surface area contributed by atoms with Gasteiger partial charge in [-0.25, -0.2) is 9.97 Å². The number of aromatic nitrogens is 3. The number of hydrogen-bond acceptors (Lipinski definition) is 4. The van der Waals surface area contributed by atoms with Crippen LogP contribution in [-0.4, -0.2) is 21.6 Å². The van der Waals surface area contributed by atoms with Crippen molar-refractivity contribution in [1.29, 1.82) is 0 Å². The lowest BCUT2D eigenvalue weighted by molar-refractivity contribution is 0.415. The maximum atomic E-state index is 5.27. The van der Waals surface area contributed by atoms with Crippen molar-refractivity contribution in [3.8, 4) is 5.75 Å². The fourth-order valence-corrected chi connectivity index (χ4v) is 2.14. The Morgan fingerprint density at radius 2 is 2.10 bits per heavy atom. The van der Waals surface area contributed by atoms with Crippen LogP contribution >= 0.6 is 0 Å². The molecule has 3 rings (SSSR count). The van der Waals surface area contributed by atoms with E-state index in [1.54, 1.807) is 19.5 Å². The highest BCUT2D eigenvalue weighted by Crippen LogP contribution is 2.25. The van der Waals surface area contributed by atoms with Crippen LogP contribution in [0.25, 0.3) is 10.8 Å². The van der Waals surface area contributed by atoms with Crippen molar-refractivity contribution in [3.63, 3.8) is 0 Å². The number of imidazole rings is 1. The number of rotatable bonds is 4. The lowest BCUT2D eigenvalue weighted by Gasteiger charge is -2.10. The predicted octanol–water partition coefficient (Wildman–Crippen LogP) is 2.59.